The first-order valence-corrected chi connectivity index (χ1v) is 7.44. The van der Waals surface area contributed by atoms with E-state index in [0.29, 0.717) is 30.4 Å². The lowest BCUT2D eigenvalue weighted by molar-refractivity contribution is -0.143. The molecule has 0 radical (unpaired) electrons. The van der Waals surface area contributed by atoms with Crippen molar-refractivity contribution < 1.29 is 23.5 Å². The molecule has 24 heavy (non-hydrogen) atoms. The first kappa shape index (κ1) is 17.5. The summed E-state index contributed by atoms with van der Waals surface area (Å²) in [5.74, 6) is 1.06. The molecule has 1 amide bonds. The summed E-state index contributed by atoms with van der Waals surface area (Å²) in [4.78, 5) is 32.1. The number of carbonyl (C=O) groups is 2. The predicted octanol–water partition coefficient (Wildman–Crippen LogP) is 1.53. The van der Waals surface area contributed by atoms with Gasteiger partial charge >= 0.3 is 5.97 Å². The minimum atomic E-state index is -0.372. The minimum absolute atomic E-state index is 0.116. The zero-order valence-corrected chi connectivity index (χ0v) is 13.6. The topological polar surface area (TPSA) is 94.8 Å². The highest BCUT2D eigenvalue weighted by Crippen LogP contribution is 2.16. The Hall–Kier alpha value is -2.90. The SMILES string of the molecule is CC(=O)OCCN(CCOc1cnc(-c2ccco2)nc1)C(C)=O. The first-order chi connectivity index (χ1) is 11.6. The number of hydrogen-bond acceptors (Lipinski definition) is 7. The van der Waals surface area contributed by atoms with Gasteiger partial charge in [0.15, 0.2) is 17.3 Å². The van der Waals surface area contributed by atoms with Gasteiger partial charge in [0.1, 0.15) is 13.2 Å². The number of amides is 1. The third-order valence-corrected chi connectivity index (χ3v) is 3.11. The van der Waals surface area contributed by atoms with E-state index in [2.05, 4.69) is 9.97 Å². The van der Waals surface area contributed by atoms with Crippen molar-refractivity contribution in [3.63, 3.8) is 0 Å². The van der Waals surface area contributed by atoms with E-state index < -0.39 is 0 Å². The maximum atomic E-state index is 11.5. The molecule has 0 unspecified atom stereocenters. The van der Waals surface area contributed by atoms with Crippen molar-refractivity contribution in [3.8, 4) is 17.3 Å². The molecule has 0 aromatic carbocycles. The van der Waals surface area contributed by atoms with Crippen molar-refractivity contribution in [2.24, 2.45) is 0 Å². The molecule has 2 aromatic rings. The molecule has 0 saturated carbocycles. The van der Waals surface area contributed by atoms with Gasteiger partial charge in [-0.3, -0.25) is 9.59 Å². The molecule has 8 nitrogen and oxygen atoms in total. The lowest BCUT2D eigenvalue weighted by Crippen LogP contribution is -2.35. The summed E-state index contributed by atoms with van der Waals surface area (Å²) in [6, 6.07) is 3.53. The molecule has 128 valence electrons. The van der Waals surface area contributed by atoms with Crippen molar-refractivity contribution in [3.05, 3.63) is 30.8 Å². The van der Waals surface area contributed by atoms with E-state index in [-0.39, 0.29) is 25.1 Å². The summed E-state index contributed by atoms with van der Waals surface area (Å²) in [7, 11) is 0. The van der Waals surface area contributed by atoms with Crippen LogP contribution in [0.1, 0.15) is 13.8 Å². The Morgan fingerprint density at radius 3 is 2.46 bits per heavy atom. The Labute approximate surface area is 139 Å². The summed E-state index contributed by atoms with van der Waals surface area (Å²) >= 11 is 0. The number of hydrogen-bond donors (Lipinski definition) is 0. The maximum Gasteiger partial charge on any atom is 0.302 e. The van der Waals surface area contributed by atoms with Crippen LogP contribution in [-0.4, -0.2) is 53.0 Å². The van der Waals surface area contributed by atoms with Gasteiger partial charge in [0.2, 0.25) is 5.91 Å². The quantitative estimate of drug-likeness (QED) is 0.676. The molecule has 2 aromatic heterocycles. The molecule has 8 heteroatoms. The van der Waals surface area contributed by atoms with Crippen molar-refractivity contribution in [2.75, 3.05) is 26.3 Å². The second-order valence-corrected chi connectivity index (χ2v) is 4.91. The summed E-state index contributed by atoms with van der Waals surface area (Å²) < 4.78 is 15.6. The molecule has 0 aliphatic heterocycles. The molecule has 0 aliphatic rings. The monoisotopic (exact) mass is 333 g/mol. The van der Waals surface area contributed by atoms with Gasteiger partial charge in [-0.25, -0.2) is 9.97 Å². The molecular weight excluding hydrogens is 314 g/mol. The summed E-state index contributed by atoms with van der Waals surface area (Å²) in [5.41, 5.74) is 0. The summed E-state index contributed by atoms with van der Waals surface area (Å²) in [6.07, 6.45) is 4.64. The Morgan fingerprint density at radius 2 is 1.88 bits per heavy atom. The van der Waals surface area contributed by atoms with Crippen LogP contribution in [0.3, 0.4) is 0 Å². The largest absolute Gasteiger partial charge is 0.489 e. The van der Waals surface area contributed by atoms with Crippen LogP contribution in [0.2, 0.25) is 0 Å². The third kappa shape index (κ3) is 5.38. The molecule has 2 rings (SSSR count). The summed E-state index contributed by atoms with van der Waals surface area (Å²) in [5, 5.41) is 0. The van der Waals surface area contributed by atoms with Crippen molar-refractivity contribution in [2.45, 2.75) is 13.8 Å². The van der Waals surface area contributed by atoms with Crippen molar-refractivity contribution in [1.29, 1.82) is 0 Å². The van der Waals surface area contributed by atoms with Crippen LogP contribution in [0.25, 0.3) is 11.6 Å². The fourth-order valence-corrected chi connectivity index (χ4v) is 1.92. The lowest BCUT2D eigenvalue weighted by Gasteiger charge is -2.20. The highest BCUT2D eigenvalue weighted by Gasteiger charge is 2.10. The zero-order valence-electron chi connectivity index (χ0n) is 13.6. The molecule has 0 saturated heterocycles. The summed E-state index contributed by atoms with van der Waals surface area (Å²) in [6.45, 7) is 3.92. The normalized spacial score (nSPS) is 10.2. The maximum absolute atomic E-state index is 11.5. The van der Waals surface area contributed by atoms with Crippen LogP contribution in [-0.2, 0) is 14.3 Å². The molecule has 0 bridgehead atoms. The van der Waals surface area contributed by atoms with Crippen LogP contribution < -0.4 is 4.74 Å². The number of furan rings is 1. The van der Waals surface area contributed by atoms with Crippen LogP contribution in [0.15, 0.2) is 35.2 Å². The highest BCUT2D eigenvalue weighted by molar-refractivity contribution is 5.73. The van der Waals surface area contributed by atoms with Crippen LogP contribution in [0.5, 0.6) is 5.75 Å². The molecule has 0 N–H and O–H groups in total. The molecular formula is C16H19N3O5. The molecule has 0 spiro atoms. The van der Waals surface area contributed by atoms with E-state index >= 15 is 0 Å². The van der Waals surface area contributed by atoms with Gasteiger partial charge in [-0.15, -0.1) is 0 Å². The van der Waals surface area contributed by atoms with Crippen LogP contribution >= 0.6 is 0 Å². The van der Waals surface area contributed by atoms with Crippen molar-refractivity contribution in [1.82, 2.24) is 14.9 Å². The second-order valence-electron chi connectivity index (χ2n) is 4.91. The van der Waals surface area contributed by atoms with E-state index in [1.165, 1.54) is 13.8 Å². The number of rotatable bonds is 8. The Kier molecular flexibility index (Phi) is 6.30. The van der Waals surface area contributed by atoms with E-state index in [0.717, 1.165) is 0 Å². The van der Waals surface area contributed by atoms with Gasteiger partial charge < -0.3 is 18.8 Å². The number of nitrogens with zero attached hydrogens (tertiary/aromatic N) is 3. The minimum Gasteiger partial charge on any atom is -0.489 e. The van der Waals surface area contributed by atoms with Crippen LogP contribution in [0, 0.1) is 0 Å². The van der Waals surface area contributed by atoms with Gasteiger partial charge in [-0.05, 0) is 12.1 Å². The fraction of sp³-hybridized carbons (Fsp3) is 0.375. The smallest absolute Gasteiger partial charge is 0.302 e. The van der Waals surface area contributed by atoms with Crippen molar-refractivity contribution >= 4 is 11.9 Å². The molecule has 0 aliphatic carbocycles. The Balaban J connectivity index is 1.79. The van der Waals surface area contributed by atoms with E-state index in [1.54, 1.807) is 35.7 Å². The van der Waals surface area contributed by atoms with Gasteiger partial charge in [-0.1, -0.05) is 0 Å². The molecule has 0 atom stereocenters. The number of ether oxygens (including phenoxy) is 2. The van der Waals surface area contributed by atoms with E-state index in [9.17, 15) is 9.59 Å². The Morgan fingerprint density at radius 1 is 1.17 bits per heavy atom. The number of aromatic nitrogens is 2. The van der Waals surface area contributed by atoms with Crippen LogP contribution in [0.4, 0.5) is 0 Å². The third-order valence-electron chi connectivity index (χ3n) is 3.11. The number of carbonyl (C=O) groups excluding carboxylic acids is 2. The number of esters is 1. The first-order valence-electron chi connectivity index (χ1n) is 7.44. The van der Waals surface area contributed by atoms with Gasteiger partial charge in [0.05, 0.1) is 31.7 Å². The van der Waals surface area contributed by atoms with E-state index in [4.69, 9.17) is 13.9 Å². The average molecular weight is 333 g/mol. The average Bonchev–Trinajstić information content (AvgIpc) is 3.08. The fourth-order valence-electron chi connectivity index (χ4n) is 1.92. The van der Waals surface area contributed by atoms with E-state index in [1.807, 2.05) is 0 Å². The van der Waals surface area contributed by atoms with Gasteiger partial charge in [-0.2, -0.15) is 0 Å². The second kappa shape index (κ2) is 8.66. The zero-order chi connectivity index (χ0) is 17.4. The lowest BCUT2D eigenvalue weighted by atomic mass is 10.4. The highest BCUT2D eigenvalue weighted by atomic mass is 16.5. The standard InChI is InChI=1S/C16H19N3O5/c1-12(20)19(5-8-22-13(2)21)6-9-23-14-10-17-16(18-11-14)15-4-3-7-24-15/h3-4,7,10-11H,5-6,8-9H2,1-2H3. The Bertz CT molecular complexity index is 655. The molecule has 2 heterocycles. The van der Waals surface area contributed by atoms with Gasteiger partial charge in [0.25, 0.3) is 0 Å². The molecule has 0 fully saturated rings. The van der Waals surface area contributed by atoms with Gasteiger partial charge in [0, 0.05) is 13.8 Å². The predicted molar refractivity (Wildman–Crippen MR) is 84.1 cm³/mol.